The Labute approximate surface area is 183 Å². The highest BCUT2D eigenvalue weighted by Gasteiger charge is 2.43. The van der Waals surface area contributed by atoms with Gasteiger partial charge in [-0.1, -0.05) is 29.8 Å². The Balaban J connectivity index is 1.81. The van der Waals surface area contributed by atoms with Crippen LogP contribution in [-0.4, -0.2) is 34.9 Å². The number of nitrogens with two attached hydrogens (primary N) is 1. The molecule has 0 fully saturated rings. The van der Waals surface area contributed by atoms with Crippen LogP contribution in [0, 0.1) is 0 Å². The van der Waals surface area contributed by atoms with Crippen molar-refractivity contribution in [2.45, 2.75) is 16.5 Å². The Bertz CT molecular complexity index is 1060. The van der Waals surface area contributed by atoms with Crippen molar-refractivity contribution >= 4 is 54.4 Å². The van der Waals surface area contributed by atoms with Crippen LogP contribution in [0.3, 0.4) is 0 Å². The molecule has 3 unspecified atom stereocenters. The number of carbonyl (C=O) groups excluding carboxylic acids is 2. The van der Waals surface area contributed by atoms with E-state index >= 15 is 0 Å². The number of thioether (sulfide) groups is 1. The van der Waals surface area contributed by atoms with Crippen molar-refractivity contribution in [3.8, 4) is 0 Å². The second-order valence-electron chi connectivity index (χ2n) is 6.91. The van der Waals surface area contributed by atoms with E-state index in [1.165, 1.54) is 24.6 Å². The van der Waals surface area contributed by atoms with Crippen molar-refractivity contribution in [1.82, 2.24) is 5.32 Å². The van der Waals surface area contributed by atoms with Crippen LogP contribution in [0.2, 0.25) is 5.02 Å². The van der Waals surface area contributed by atoms with E-state index in [9.17, 15) is 19.0 Å². The number of hydrogen-bond acceptors (Lipinski definition) is 4. The van der Waals surface area contributed by atoms with Crippen molar-refractivity contribution in [3.63, 3.8) is 0 Å². The first-order valence-electron chi connectivity index (χ1n) is 9.01. The highest BCUT2D eigenvalue weighted by Crippen LogP contribution is 2.54. The third-order valence-electron chi connectivity index (χ3n) is 4.66. The predicted octanol–water partition coefficient (Wildman–Crippen LogP) is 4.08. The third kappa shape index (κ3) is 5.26. The molecule has 0 radical (unpaired) electrons. The fourth-order valence-corrected chi connectivity index (χ4v) is 6.43. The van der Waals surface area contributed by atoms with Gasteiger partial charge in [0.2, 0.25) is 13.3 Å². The van der Waals surface area contributed by atoms with Crippen LogP contribution in [-0.2, 0) is 9.36 Å². The summed E-state index contributed by atoms with van der Waals surface area (Å²) in [5.41, 5.74) is 5.95. The second-order valence-corrected chi connectivity index (χ2v) is 10.8. The molecule has 2 aromatic carbocycles. The quantitative estimate of drug-likeness (QED) is 0.479. The monoisotopic (exact) mass is 465 g/mol. The van der Waals surface area contributed by atoms with Crippen molar-refractivity contribution in [1.29, 1.82) is 0 Å². The minimum absolute atomic E-state index is 0.429. The smallest absolute Gasteiger partial charge is 0.316 e. The summed E-state index contributed by atoms with van der Waals surface area (Å²) in [6.45, 7) is 1.19. The lowest BCUT2D eigenvalue weighted by molar-refractivity contribution is -0.120. The predicted molar refractivity (Wildman–Crippen MR) is 121 cm³/mol. The normalized spacial score (nSPS) is 18.4. The maximum absolute atomic E-state index is 12.9. The summed E-state index contributed by atoms with van der Waals surface area (Å²) in [4.78, 5) is 35.3. The molecule has 0 aliphatic carbocycles. The molecule has 0 aromatic heterocycles. The molecule has 30 heavy (non-hydrogen) atoms. The number of para-hydroxylation sites is 1. The summed E-state index contributed by atoms with van der Waals surface area (Å²) < 4.78 is 12.6. The number of fused-ring (bicyclic) bond motifs is 1. The average molecular weight is 466 g/mol. The average Bonchev–Trinajstić information content (AvgIpc) is 3.04. The number of nitrogens with one attached hydrogen (secondary N) is 2. The van der Waals surface area contributed by atoms with Crippen molar-refractivity contribution in [2.24, 2.45) is 5.73 Å². The van der Waals surface area contributed by atoms with Crippen LogP contribution in [0.5, 0.6) is 0 Å². The molecule has 0 saturated heterocycles. The summed E-state index contributed by atoms with van der Waals surface area (Å²) in [5, 5.41) is 5.61. The molecule has 2 aromatic rings. The van der Waals surface area contributed by atoms with E-state index in [0.717, 1.165) is 10.5 Å². The maximum atomic E-state index is 12.9. The van der Waals surface area contributed by atoms with Crippen LogP contribution < -0.4 is 16.4 Å². The first kappa shape index (κ1) is 22.4. The molecule has 0 bridgehead atoms. The van der Waals surface area contributed by atoms with Gasteiger partial charge in [-0.05, 0) is 41.5 Å². The molecular weight excluding hydrogens is 445 g/mol. The van der Waals surface area contributed by atoms with E-state index in [4.69, 9.17) is 17.3 Å². The lowest BCUT2D eigenvalue weighted by atomic mass is 9.97. The van der Waals surface area contributed by atoms with Gasteiger partial charge in [-0.15, -0.1) is 11.8 Å². The van der Waals surface area contributed by atoms with Crippen LogP contribution in [0.25, 0.3) is 6.08 Å². The Morgan fingerprint density at radius 2 is 2.07 bits per heavy atom. The topological polar surface area (TPSA) is 122 Å². The Morgan fingerprint density at radius 3 is 2.77 bits per heavy atom. The zero-order valence-corrected chi connectivity index (χ0v) is 18.5. The molecule has 10 heteroatoms. The van der Waals surface area contributed by atoms with E-state index in [1.54, 1.807) is 42.5 Å². The molecular formula is C20H21ClN3O4PS. The Kier molecular flexibility index (Phi) is 6.93. The summed E-state index contributed by atoms with van der Waals surface area (Å²) in [5.74, 6) is -0.471. The third-order valence-corrected chi connectivity index (χ3v) is 7.73. The minimum atomic E-state index is -3.77. The summed E-state index contributed by atoms with van der Waals surface area (Å²) >= 11 is 7.63. The van der Waals surface area contributed by atoms with Gasteiger partial charge in [-0.3, -0.25) is 9.36 Å². The number of primary amides is 1. The molecule has 3 rings (SSSR count). The molecule has 3 amide bonds. The van der Waals surface area contributed by atoms with Crippen LogP contribution >= 0.6 is 30.7 Å². The highest BCUT2D eigenvalue weighted by atomic mass is 35.5. The molecule has 3 atom stereocenters. The van der Waals surface area contributed by atoms with Gasteiger partial charge in [0.1, 0.15) is 5.66 Å². The number of hydrogen-bond donors (Lipinski definition) is 4. The van der Waals surface area contributed by atoms with Gasteiger partial charge in [0, 0.05) is 40.1 Å². The number of urea groups is 1. The molecule has 0 spiro atoms. The van der Waals surface area contributed by atoms with Gasteiger partial charge in [0.15, 0.2) is 0 Å². The zero-order valence-electron chi connectivity index (χ0n) is 16.0. The molecule has 5 N–H and O–H groups in total. The fourth-order valence-electron chi connectivity index (χ4n) is 3.39. The van der Waals surface area contributed by atoms with E-state index in [2.05, 4.69) is 10.6 Å². The summed E-state index contributed by atoms with van der Waals surface area (Å²) in [7, 11) is -3.77. The highest BCUT2D eigenvalue weighted by molar-refractivity contribution is 7.99. The van der Waals surface area contributed by atoms with Gasteiger partial charge in [0.25, 0.3) is 0 Å². The molecule has 1 aliphatic heterocycles. The molecule has 1 heterocycles. The van der Waals surface area contributed by atoms with E-state index in [1.807, 2.05) is 6.07 Å². The molecule has 1 aliphatic rings. The number of carbonyl (C=O) groups is 2. The molecule has 0 saturated carbocycles. The number of rotatable bonds is 6. The number of halogens is 1. The lowest BCUT2D eigenvalue weighted by Gasteiger charge is -2.25. The largest absolute Gasteiger partial charge is 0.351 e. The minimum Gasteiger partial charge on any atom is -0.351 e. The number of anilines is 1. The van der Waals surface area contributed by atoms with E-state index in [-0.39, 0.29) is 0 Å². The summed E-state index contributed by atoms with van der Waals surface area (Å²) in [6, 6.07) is 11.6. The fraction of sp³-hybridized carbons (Fsp3) is 0.200. The number of amides is 3. The molecule has 7 nitrogen and oxygen atoms in total. The van der Waals surface area contributed by atoms with Gasteiger partial charge < -0.3 is 21.3 Å². The van der Waals surface area contributed by atoms with Crippen molar-refractivity contribution in [2.75, 3.05) is 17.7 Å². The Hall–Kier alpha value is -2.25. The zero-order chi connectivity index (χ0) is 21.9. The van der Waals surface area contributed by atoms with Gasteiger partial charge in [0.05, 0.1) is 0 Å². The lowest BCUT2D eigenvalue weighted by Crippen LogP contribution is -2.36. The van der Waals surface area contributed by atoms with Crippen LogP contribution in [0.4, 0.5) is 10.5 Å². The maximum Gasteiger partial charge on any atom is 0.316 e. The Morgan fingerprint density at radius 1 is 1.33 bits per heavy atom. The van der Waals surface area contributed by atoms with Gasteiger partial charge >= 0.3 is 6.03 Å². The second kappa shape index (κ2) is 9.27. The van der Waals surface area contributed by atoms with Crippen molar-refractivity contribution in [3.05, 3.63) is 64.8 Å². The number of benzene rings is 2. The van der Waals surface area contributed by atoms with E-state index < -0.39 is 30.9 Å². The van der Waals surface area contributed by atoms with Crippen molar-refractivity contribution < 1.29 is 19.0 Å². The van der Waals surface area contributed by atoms with Crippen LogP contribution in [0.15, 0.2) is 53.6 Å². The first-order chi connectivity index (χ1) is 14.2. The van der Waals surface area contributed by atoms with Gasteiger partial charge in [-0.2, -0.15) is 0 Å². The summed E-state index contributed by atoms with van der Waals surface area (Å²) in [6.07, 6.45) is 2.96. The standard InChI is InChI=1S/C20H21ClN3O4PS/c1-29(27,28)18(15-11-30-17-7-6-13(21)10-14(15)17)19(25)23-9-8-12-4-2-3-5-16(12)24-20(22)26/h2-10,15,18H,11H2,1H3,(H,23,25)(H,27,28)(H3,22,24,26)/b9-8+. The van der Waals surface area contributed by atoms with Gasteiger partial charge in [-0.25, -0.2) is 4.79 Å². The SMILES string of the molecule is CP(=O)(O)C(C(=O)N/C=C/c1ccccc1NC(N)=O)C1CSc2ccc(Cl)cc21. The molecule has 158 valence electrons. The van der Waals surface area contributed by atoms with Crippen LogP contribution in [0.1, 0.15) is 17.0 Å². The first-order valence-corrected chi connectivity index (χ1v) is 12.6. The van der Waals surface area contributed by atoms with E-state index in [0.29, 0.717) is 22.0 Å².